The molecular weight excluding hydrogens is 418 g/mol. The molecule has 0 bridgehead atoms. The topological polar surface area (TPSA) is 79.8 Å². The number of benzene rings is 1. The number of rotatable bonds is 4. The van der Waals surface area contributed by atoms with E-state index in [4.69, 9.17) is 12.2 Å². The summed E-state index contributed by atoms with van der Waals surface area (Å²) in [6, 6.07) is 21.4. The first-order chi connectivity index (χ1) is 15.7. The number of hydrogen-bond donors (Lipinski definition) is 2. The fraction of sp³-hybridized carbons (Fsp3) is 0. The number of aromatic nitrogens is 3. The van der Waals surface area contributed by atoms with Crippen LogP contribution >= 0.6 is 12.2 Å². The summed E-state index contributed by atoms with van der Waals surface area (Å²) in [6.45, 7) is 0. The van der Waals surface area contributed by atoms with Crippen LogP contribution in [0.15, 0.2) is 91.0 Å². The molecule has 1 amide bonds. The third-order valence-electron chi connectivity index (χ3n) is 5.05. The van der Waals surface area contributed by atoms with Crippen molar-refractivity contribution in [2.75, 3.05) is 0 Å². The van der Waals surface area contributed by atoms with Gasteiger partial charge in [0.25, 0.3) is 5.91 Å². The van der Waals surface area contributed by atoms with Crippen LogP contribution in [0.3, 0.4) is 0 Å². The molecule has 0 unspecified atom stereocenters. The second kappa shape index (κ2) is 8.49. The van der Waals surface area contributed by atoms with Crippen molar-refractivity contribution in [1.82, 2.24) is 25.6 Å². The Morgan fingerprint density at radius 1 is 0.688 bits per heavy atom. The van der Waals surface area contributed by atoms with Gasteiger partial charge < -0.3 is 5.32 Å². The zero-order valence-corrected chi connectivity index (χ0v) is 17.6. The molecule has 5 rings (SSSR count). The van der Waals surface area contributed by atoms with Crippen molar-refractivity contribution >= 4 is 29.3 Å². The molecule has 0 spiro atoms. The van der Waals surface area contributed by atoms with Crippen molar-refractivity contribution in [2.24, 2.45) is 0 Å². The molecule has 1 aromatic carbocycles. The number of nitrogens with zero attached hydrogens (tertiary/aromatic N) is 3. The number of hydrogen-bond acceptors (Lipinski definition) is 5. The summed E-state index contributed by atoms with van der Waals surface area (Å²) in [5.41, 5.74) is 6.28. The number of nitrogens with one attached hydrogen (secondary N) is 2. The van der Waals surface area contributed by atoms with Crippen LogP contribution in [0.4, 0.5) is 0 Å². The minimum Gasteiger partial charge on any atom is -0.328 e. The summed E-state index contributed by atoms with van der Waals surface area (Å²) >= 11 is 5.05. The van der Waals surface area contributed by atoms with E-state index in [1.54, 1.807) is 24.7 Å². The third-order valence-corrected chi connectivity index (χ3v) is 5.26. The zero-order valence-electron chi connectivity index (χ0n) is 16.8. The lowest BCUT2D eigenvalue weighted by Gasteiger charge is -2.14. The number of carbonyl (C=O) groups excluding carboxylic acids is 1. The van der Waals surface area contributed by atoms with Crippen molar-refractivity contribution in [3.63, 3.8) is 0 Å². The Morgan fingerprint density at radius 3 is 2.06 bits per heavy atom. The predicted molar refractivity (Wildman–Crippen MR) is 128 cm³/mol. The SMILES string of the molecule is O=C1NC(=S)NC1=Cc1ccccc1-c1cccnc1-c1ncccc1-c1ccccn1. The lowest BCUT2D eigenvalue weighted by Crippen LogP contribution is -2.21. The summed E-state index contributed by atoms with van der Waals surface area (Å²) in [6.07, 6.45) is 7.05. The molecule has 6 nitrogen and oxygen atoms in total. The van der Waals surface area contributed by atoms with Crippen LogP contribution in [0, 0.1) is 0 Å². The molecular formula is C25H17N5OS. The highest BCUT2D eigenvalue weighted by Crippen LogP contribution is 2.36. The molecule has 1 fully saturated rings. The Hall–Kier alpha value is -4.23. The van der Waals surface area contributed by atoms with Crippen molar-refractivity contribution in [2.45, 2.75) is 0 Å². The first-order valence-corrected chi connectivity index (χ1v) is 10.4. The maximum absolute atomic E-state index is 12.2. The predicted octanol–water partition coefficient (Wildman–Crippen LogP) is 4.22. The summed E-state index contributed by atoms with van der Waals surface area (Å²) in [5, 5.41) is 5.80. The van der Waals surface area contributed by atoms with Gasteiger partial charge in [0.1, 0.15) is 5.70 Å². The number of amides is 1. The molecule has 32 heavy (non-hydrogen) atoms. The molecule has 0 saturated carbocycles. The summed E-state index contributed by atoms with van der Waals surface area (Å²) in [7, 11) is 0. The standard InChI is InChI=1S/C25H17N5OS/c31-24-21(29-25(32)30-24)15-16-7-1-2-8-17(16)18-9-5-13-27-22(18)23-19(10-6-14-28-23)20-11-3-4-12-26-20/h1-15H,(H2,29,30,31,32). The van der Waals surface area contributed by atoms with E-state index >= 15 is 0 Å². The van der Waals surface area contributed by atoms with Gasteiger partial charge in [-0.1, -0.05) is 36.4 Å². The van der Waals surface area contributed by atoms with Crippen LogP contribution in [0.25, 0.3) is 39.8 Å². The van der Waals surface area contributed by atoms with E-state index in [-0.39, 0.29) is 5.91 Å². The van der Waals surface area contributed by atoms with E-state index in [9.17, 15) is 4.79 Å². The van der Waals surface area contributed by atoms with Gasteiger partial charge in [-0.15, -0.1) is 0 Å². The van der Waals surface area contributed by atoms with Crippen LogP contribution in [0.1, 0.15) is 5.56 Å². The molecule has 0 radical (unpaired) electrons. The van der Waals surface area contributed by atoms with E-state index < -0.39 is 0 Å². The first kappa shape index (κ1) is 19.7. The molecule has 2 N–H and O–H groups in total. The fourth-order valence-electron chi connectivity index (χ4n) is 3.64. The van der Waals surface area contributed by atoms with Crippen LogP contribution in [0.5, 0.6) is 0 Å². The van der Waals surface area contributed by atoms with Gasteiger partial charge >= 0.3 is 0 Å². The number of thiocarbonyl (C=S) groups is 1. The smallest absolute Gasteiger partial charge is 0.273 e. The van der Waals surface area contributed by atoms with Gasteiger partial charge in [0.15, 0.2) is 5.11 Å². The van der Waals surface area contributed by atoms with E-state index in [1.807, 2.05) is 66.7 Å². The molecule has 0 aliphatic carbocycles. The Balaban J connectivity index is 1.68. The Morgan fingerprint density at radius 2 is 1.34 bits per heavy atom. The molecule has 7 heteroatoms. The van der Waals surface area contributed by atoms with E-state index in [0.29, 0.717) is 10.8 Å². The highest BCUT2D eigenvalue weighted by Gasteiger charge is 2.21. The zero-order chi connectivity index (χ0) is 21.9. The number of carbonyl (C=O) groups is 1. The van der Waals surface area contributed by atoms with Crippen molar-refractivity contribution in [1.29, 1.82) is 0 Å². The summed E-state index contributed by atoms with van der Waals surface area (Å²) in [4.78, 5) is 26.0. The van der Waals surface area contributed by atoms with Crippen molar-refractivity contribution in [3.05, 3.63) is 96.6 Å². The maximum Gasteiger partial charge on any atom is 0.273 e. The van der Waals surface area contributed by atoms with Crippen LogP contribution in [-0.4, -0.2) is 26.0 Å². The molecule has 1 aliphatic heterocycles. The minimum absolute atomic E-state index is 0.252. The molecule has 1 saturated heterocycles. The fourth-order valence-corrected chi connectivity index (χ4v) is 3.84. The highest BCUT2D eigenvalue weighted by molar-refractivity contribution is 7.80. The monoisotopic (exact) mass is 435 g/mol. The normalized spacial score (nSPS) is 14.3. The lowest BCUT2D eigenvalue weighted by atomic mass is 9.94. The Labute approximate surface area is 190 Å². The van der Waals surface area contributed by atoms with E-state index in [1.165, 1.54) is 0 Å². The Kier molecular flexibility index (Phi) is 5.23. The molecule has 0 atom stereocenters. The largest absolute Gasteiger partial charge is 0.328 e. The van der Waals surface area contributed by atoms with Gasteiger partial charge in [-0.2, -0.15) is 0 Å². The Bertz CT molecular complexity index is 1370. The van der Waals surface area contributed by atoms with Gasteiger partial charge in [-0.3, -0.25) is 25.1 Å². The highest BCUT2D eigenvalue weighted by atomic mass is 32.1. The van der Waals surface area contributed by atoms with Gasteiger partial charge in [-0.25, -0.2) is 0 Å². The second-order valence-electron chi connectivity index (χ2n) is 7.07. The van der Waals surface area contributed by atoms with Crippen molar-refractivity contribution < 1.29 is 4.79 Å². The van der Waals surface area contributed by atoms with Gasteiger partial charge in [0, 0.05) is 29.7 Å². The van der Waals surface area contributed by atoms with Gasteiger partial charge in [0.05, 0.1) is 17.1 Å². The quantitative estimate of drug-likeness (QED) is 0.369. The molecule has 1 aliphatic rings. The minimum atomic E-state index is -0.252. The molecule has 4 aromatic rings. The molecule has 4 heterocycles. The van der Waals surface area contributed by atoms with Gasteiger partial charge in [0.2, 0.25) is 0 Å². The summed E-state index contributed by atoms with van der Waals surface area (Å²) in [5.74, 6) is -0.252. The average molecular weight is 436 g/mol. The van der Waals surface area contributed by atoms with E-state index in [0.717, 1.165) is 39.3 Å². The van der Waals surface area contributed by atoms with Crippen LogP contribution < -0.4 is 10.6 Å². The number of pyridine rings is 3. The first-order valence-electron chi connectivity index (χ1n) is 9.96. The van der Waals surface area contributed by atoms with Crippen molar-refractivity contribution in [3.8, 4) is 33.8 Å². The summed E-state index contributed by atoms with van der Waals surface area (Å²) < 4.78 is 0. The molecule has 154 valence electrons. The van der Waals surface area contributed by atoms with E-state index in [2.05, 4.69) is 25.6 Å². The average Bonchev–Trinajstić information content (AvgIpc) is 3.16. The van der Waals surface area contributed by atoms with Crippen LogP contribution in [0.2, 0.25) is 0 Å². The maximum atomic E-state index is 12.2. The molecule has 3 aromatic heterocycles. The van der Waals surface area contributed by atoms with Gasteiger partial charge in [-0.05, 0) is 59.8 Å². The third kappa shape index (κ3) is 3.77. The second-order valence-corrected chi connectivity index (χ2v) is 7.48. The van der Waals surface area contributed by atoms with Crippen LogP contribution in [-0.2, 0) is 4.79 Å². The lowest BCUT2D eigenvalue weighted by molar-refractivity contribution is -0.115.